The van der Waals surface area contributed by atoms with Gasteiger partial charge in [-0.05, 0) is 57.4 Å². The van der Waals surface area contributed by atoms with Gasteiger partial charge in [0, 0.05) is 49.2 Å². The average Bonchev–Trinajstić information content (AvgIpc) is 3.31. The minimum absolute atomic E-state index is 0.0976. The molecule has 0 saturated heterocycles. The molecule has 2 aromatic carbocycles. The van der Waals surface area contributed by atoms with Gasteiger partial charge in [-0.25, -0.2) is 4.98 Å². The molecule has 0 saturated carbocycles. The zero-order valence-electron chi connectivity index (χ0n) is 22.6. The molecule has 0 aliphatic carbocycles. The third-order valence-electron chi connectivity index (χ3n) is 6.14. The fourth-order valence-corrected chi connectivity index (χ4v) is 3.90. The van der Waals surface area contributed by atoms with Crippen LogP contribution in [0.25, 0.3) is 11.0 Å². The number of likely N-dealkylation sites (N-methyl/N-ethyl adjacent to an activating group) is 2. The smallest absolute Gasteiger partial charge is 0.293 e. The van der Waals surface area contributed by atoms with Crippen LogP contribution in [0.3, 0.4) is 0 Å². The van der Waals surface area contributed by atoms with Crippen molar-refractivity contribution >= 4 is 40.1 Å². The number of hydrogen-bond acceptors (Lipinski definition) is 7. The molecule has 0 atom stereocenters. The molecule has 0 radical (unpaired) electrons. The summed E-state index contributed by atoms with van der Waals surface area (Å²) in [6.07, 6.45) is 1.49. The van der Waals surface area contributed by atoms with Crippen molar-refractivity contribution in [3.05, 3.63) is 83.2 Å². The summed E-state index contributed by atoms with van der Waals surface area (Å²) in [4.78, 5) is 47.0. The molecule has 0 aliphatic heterocycles. The van der Waals surface area contributed by atoms with E-state index in [0.717, 1.165) is 12.1 Å². The predicted molar refractivity (Wildman–Crippen MR) is 150 cm³/mol. The van der Waals surface area contributed by atoms with Gasteiger partial charge in [-0.3, -0.25) is 14.4 Å². The van der Waals surface area contributed by atoms with E-state index >= 15 is 0 Å². The van der Waals surface area contributed by atoms with E-state index in [-0.39, 0.29) is 23.2 Å². The van der Waals surface area contributed by atoms with Crippen molar-refractivity contribution in [2.75, 3.05) is 52.0 Å². The Balaban J connectivity index is 1.60. The van der Waals surface area contributed by atoms with Gasteiger partial charge in [0.05, 0.1) is 7.11 Å². The number of rotatable bonds is 9. The van der Waals surface area contributed by atoms with Gasteiger partial charge < -0.3 is 29.6 Å². The summed E-state index contributed by atoms with van der Waals surface area (Å²) in [5.74, 6) is -1.08. The maximum Gasteiger partial charge on any atom is 0.293 e. The molecule has 202 valence electrons. The lowest BCUT2D eigenvalue weighted by molar-refractivity contribution is 0.0785. The molecule has 3 amide bonds. The fourth-order valence-electron chi connectivity index (χ4n) is 3.90. The number of carbonyl (C=O) groups is 3. The van der Waals surface area contributed by atoms with Crippen LogP contribution in [-0.2, 0) is 0 Å². The van der Waals surface area contributed by atoms with Crippen LogP contribution < -0.4 is 15.4 Å². The van der Waals surface area contributed by atoms with Gasteiger partial charge in [-0.15, -0.1) is 0 Å². The van der Waals surface area contributed by atoms with Crippen molar-refractivity contribution < 1.29 is 23.5 Å². The summed E-state index contributed by atoms with van der Waals surface area (Å²) in [5, 5.41) is 5.94. The number of nitrogens with zero attached hydrogens (tertiary/aromatic N) is 3. The summed E-state index contributed by atoms with van der Waals surface area (Å²) in [6.45, 7) is 3.26. The van der Waals surface area contributed by atoms with E-state index in [1.807, 2.05) is 38.1 Å². The Labute approximate surface area is 226 Å². The standard InChI is InChI=1S/C29H31N5O5/c1-18-6-12-21(13-7-18)31-27(36)25-24(23-22(39-25)14-15-30-28(23)38-5)32-26(35)19-8-10-20(11-9-19)29(37)34(4)17-16-33(2)3/h6-15H,16-17H2,1-5H3,(H,31,36)(H,32,35). The van der Waals surface area contributed by atoms with E-state index in [1.165, 1.54) is 13.3 Å². The summed E-state index contributed by atoms with van der Waals surface area (Å²) >= 11 is 0. The minimum Gasteiger partial charge on any atom is -0.480 e. The third-order valence-corrected chi connectivity index (χ3v) is 6.14. The molecule has 4 rings (SSSR count). The molecule has 0 bridgehead atoms. The number of hydrogen-bond donors (Lipinski definition) is 2. The first kappa shape index (κ1) is 27.3. The first-order valence-corrected chi connectivity index (χ1v) is 12.3. The van der Waals surface area contributed by atoms with Gasteiger partial charge >= 0.3 is 0 Å². The van der Waals surface area contributed by atoms with Gasteiger partial charge in [0.1, 0.15) is 16.7 Å². The van der Waals surface area contributed by atoms with Gasteiger partial charge in [0.2, 0.25) is 11.6 Å². The molecule has 0 unspecified atom stereocenters. The Kier molecular flexibility index (Phi) is 8.26. The molecule has 2 N–H and O–H groups in total. The van der Waals surface area contributed by atoms with Crippen LogP contribution in [0.2, 0.25) is 0 Å². The van der Waals surface area contributed by atoms with Crippen LogP contribution in [0.1, 0.15) is 36.8 Å². The normalized spacial score (nSPS) is 10.9. The molecule has 10 heteroatoms. The molecule has 39 heavy (non-hydrogen) atoms. The molecule has 2 aromatic heterocycles. The van der Waals surface area contributed by atoms with E-state index in [4.69, 9.17) is 9.15 Å². The van der Waals surface area contributed by atoms with Crippen LogP contribution in [0, 0.1) is 6.92 Å². The number of benzene rings is 2. The predicted octanol–water partition coefficient (Wildman–Crippen LogP) is 4.28. The van der Waals surface area contributed by atoms with Crippen LogP contribution in [0.5, 0.6) is 5.88 Å². The molecular weight excluding hydrogens is 498 g/mol. The van der Waals surface area contributed by atoms with Gasteiger partial charge in [-0.1, -0.05) is 17.7 Å². The number of carbonyl (C=O) groups excluding carboxylic acids is 3. The number of nitrogens with one attached hydrogen (secondary N) is 2. The summed E-state index contributed by atoms with van der Waals surface area (Å²) < 4.78 is 11.2. The number of anilines is 2. The fraction of sp³-hybridized carbons (Fsp3) is 0.241. The number of amides is 3. The first-order valence-electron chi connectivity index (χ1n) is 12.3. The zero-order valence-corrected chi connectivity index (χ0v) is 22.6. The number of methoxy groups -OCH3 is 1. The highest BCUT2D eigenvalue weighted by Crippen LogP contribution is 2.37. The molecular formula is C29H31N5O5. The van der Waals surface area contributed by atoms with Crippen molar-refractivity contribution in [1.82, 2.24) is 14.8 Å². The molecule has 4 aromatic rings. The molecule has 0 fully saturated rings. The van der Waals surface area contributed by atoms with Crippen molar-refractivity contribution in [3.63, 3.8) is 0 Å². The maximum absolute atomic E-state index is 13.3. The second kappa shape index (κ2) is 11.8. The molecule has 10 nitrogen and oxygen atoms in total. The van der Waals surface area contributed by atoms with Crippen LogP contribution in [0.15, 0.2) is 65.2 Å². The molecule has 0 aliphatic rings. The first-order chi connectivity index (χ1) is 18.7. The Morgan fingerprint density at radius 1 is 0.872 bits per heavy atom. The van der Waals surface area contributed by atoms with E-state index in [0.29, 0.717) is 34.3 Å². The van der Waals surface area contributed by atoms with Crippen LogP contribution >= 0.6 is 0 Å². The highest BCUT2D eigenvalue weighted by atomic mass is 16.5. The Bertz CT molecular complexity index is 1490. The number of ether oxygens (including phenoxy) is 1. The van der Waals surface area contributed by atoms with E-state index in [2.05, 4.69) is 15.6 Å². The second-order valence-electron chi connectivity index (χ2n) is 9.38. The van der Waals surface area contributed by atoms with Crippen molar-refractivity contribution in [3.8, 4) is 5.88 Å². The lowest BCUT2D eigenvalue weighted by Crippen LogP contribution is -2.33. The van der Waals surface area contributed by atoms with Crippen LogP contribution in [-0.4, -0.2) is 73.8 Å². The number of fused-ring (bicyclic) bond motifs is 1. The summed E-state index contributed by atoms with van der Waals surface area (Å²) in [7, 11) is 7.06. The maximum atomic E-state index is 13.3. The highest BCUT2D eigenvalue weighted by molar-refractivity contribution is 6.17. The van der Waals surface area contributed by atoms with Gasteiger partial charge in [-0.2, -0.15) is 0 Å². The van der Waals surface area contributed by atoms with Crippen molar-refractivity contribution in [1.29, 1.82) is 0 Å². The molecule has 2 heterocycles. The average molecular weight is 530 g/mol. The van der Waals surface area contributed by atoms with Crippen molar-refractivity contribution in [2.45, 2.75) is 6.92 Å². The summed E-state index contributed by atoms with van der Waals surface area (Å²) in [5.41, 5.74) is 2.84. The van der Waals surface area contributed by atoms with Crippen LogP contribution in [0.4, 0.5) is 11.4 Å². The zero-order chi connectivity index (χ0) is 28.1. The van der Waals surface area contributed by atoms with E-state index < -0.39 is 11.8 Å². The quantitative estimate of drug-likeness (QED) is 0.332. The third kappa shape index (κ3) is 6.24. The number of aromatic nitrogens is 1. The summed E-state index contributed by atoms with van der Waals surface area (Å²) in [6, 6.07) is 15.2. The molecule has 0 spiro atoms. The monoisotopic (exact) mass is 529 g/mol. The van der Waals surface area contributed by atoms with Gasteiger partial charge in [0.25, 0.3) is 17.7 Å². The lowest BCUT2D eigenvalue weighted by Gasteiger charge is -2.19. The number of pyridine rings is 1. The lowest BCUT2D eigenvalue weighted by atomic mass is 10.1. The largest absolute Gasteiger partial charge is 0.480 e. The van der Waals surface area contributed by atoms with Crippen molar-refractivity contribution in [2.24, 2.45) is 0 Å². The second-order valence-corrected chi connectivity index (χ2v) is 9.38. The minimum atomic E-state index is -0.547. The van der Waals surface area contributed by atoms with E-state index in [1.54, 1.807) is 54.4 Å². The SMILES string of the molecule is COc1nccc2oc(C(=O)Nc3ccc(C)cc3)c(NC(=O)c3ccc(C(=O)N(C)CCN(C)C)cc3)c12. The highest BCUT2D eigenvalue weighted by Gasteiger charge is 2.26. The Hall–Kier alpha value is -4.70. The Morgan fingerprint density at radius 3 is 2.18 bits per heavy atom. The number of furan rings is 1. The topological polar surface area (TPSA) is 117 Å². The van der Waals surface area contributed by atoms with E-state index in [9.17, 15) is 14.4 Å². The number of aryl methyl sites for hydroxylation is 1. The van der Waals surface area contributed by atoms with Gasteiger partial charge in [0.15, 0.2) is 0 Å². The Morgan fingerprint density at radius 2 is 1.54 bits per heavy atom.